The molecule has 0 bridgehead atoms. The molecule has 2 rings (SSSR count). The second-order valence-electron chi connectivity index (χ2n) is 6.36. The van der Waals surface area contributed by atoms with E-state index in [4.69, 9.17) is 9.47 Å². The second-order valence-corrected chi connectivity index (χ2v) is 6.36. The summed E-state index contributed by atoms with van der Waals surface area (Å²) >= 11 is 0. The van der Waals surface area contributed by atoms with Gasteiger partial charge in [-0.1, -0.05) is 0 Å². The molecule has 1 N–H and O–H groups in total. The van der Waals surface area contributed by atoms with Crippen molar-refractivity contribution in [3.63, 3.8) is 0 Å². The zero-order valence-electron chi connectivity index (χ0n) is 12.6. The number of esters is 1. The first kappa shape index (κ1) is 15.8. The van der Waals surface area contributed by atoms with Gasteiger partial charge in [0.15, 0.2) is 0 Å². The van der Waals surface area contributed by atoms with E-state index in [0.717, 1.165) is 5.56 Å². The number of aliphatic hydroxyl groups is 1. The summed E-state index contributed by atoms with van der Waals surface area (Å²) in [6.07, 6.45) is -0.155. The number of aryl methyl sites for hydroxylation is 1. The lowest BCUT2D eigenvalue weighted by Gasteiger charge is -2.29. The molecule has 21 heavy (non-hydrogen) atoms. The van der Waals surface area contributed by atoms with Crippen LogP contribution in [0, 0.1) is 11.2 Å². The molecule has 0 fully saturated rings. The zero-order chi connectivity index (χ0) is 15.6. The topological polar surface area (TPSA) is 55.8 Å². The normalized spacial score (nSPS) is 19.4. The largest absolute Gasteiger partial charge is 0.487 e. The van der Waals surface area contributed by atoms with Crippen LogP contribution in [-0.2, 0) is 16.0 Å². The quantitative estimate of drug-likeness (QED) is 0.871. The Morgan fingerprint density at radius 2 is 2.24 bits per heavy atom. The van der Waals surface area contributed by atoms with Crippen molar-refractivity contribution in [2.45, 2.75) is 45.8 Å². The zero-order valence-corrected chi connectivity index (χ0v) is 12.6. The van der Waals surface area contributed by atoms with Gasteiger partial charge in [-0.3, -0.25) is 4.79 Å². The molecule has 1 aromatic rings. The van der Waals surface area contributed by atoms with Gasteiger partial charge in [-0.15, -0.1) is 0 Å². The molecule has 116 valence electrons. The number of rotatable bonds is 3. The predicted molar refractivity (Wildman–Crippen MR) is 75.6 cm³/mol. The highest BCUT2D eigenvalue weighted by Gasteiger charge is 2.29. The summed E-state index contributed by atoms with van der Waals surface area (Å²) in [5.41, 5.74) is 0.196. The Bertz CT molecular complexity index is 521. The first-order valence-electron chi connectivity index (χ1n) is 7.08. The average molecular weight is 296 g/mol. The van der Waals surface area contributed by atoms with Crippen LogP contribution in [0.2, 0.25) is 0 Å². The molecular formula is C16H21FO4. The fourth-order valence-corrected chi connectivity index (χ4v) is 2.13. The number of hydrogen-bond donors (Lipinski definition) is 1. The summed E-state index contributed by atoms with van der Waals surface area (Å²) in [6, 6.07) is 4.33. The lowest BCUT2D eigenvalue weighted by Crippen LogP contribution is -2.39. The lowest BCUT2D eigenvalue weighted by atomic mass is 9.97. The van der Waals surface area contributed by atoms with Crippen molar-refractivity contribution in [3.8, 4) is 5.75 Å². The number of carbonyl (C=O) groups is 1. The number of carbonyl (C=O) groups excluding carboxylic acids is 1. The van der Waals surface area contributed by atoms with Crippen LogP contribution in [0.3, 0.4) is 0 Å². The second kappa shape index (κ2) is 6.02. The van der Waals surface area contributed by atoms with E-state index in [1.807, 2.05) is 0 Å². The van der Waals surface area contributed by atoms with Crippen molar-refractivity contribution < 1.29 is 23.8 Å². The fourth-order valence-electron chi connectivity index (χ4n) is 2.13. The van der Waals surface area contributed by atoms with Crippen molar-refractivity contribution >= 4 is 5.97 Å². The molecule has 2 atom stereocenters. The minimum absolute atomic E-state index is 0.0999. The van der Waals surface area contributed by atoms with E-state index < -0.39 is 17.6 Å². The maximum atomic E-state index is 13.1. The van der Waals surface area contributed by atoms with Gasteiger partial charge in [0.1, 0.15) is 30.4 Å². The average Bonchev–Trinajstić information content (AvgIpc) is 2.42. The monoisotopic (exact) mass is 296 g/mol. The van der Waals surface area contributed by atoms with Gasteiger partial charge in [0.05, 0.1) is 5.41 Å². The number of halogens is 1. The van der Waals surface area contributed by atoms with E-state index in [9.17, 15) is 14.3 Å². The van der Waals surface area contributed by atoms with Crippen LogP contribution in [0.5, 0.6) is 5.75 Å². The summed E-state index contributed by atoms with van der Waals surface area (Å²) < 4.78 is 23.9. The number of aliphatic hydroxyl groups excluding tert-OH is 1. The summed E-state index contributed by atoms with van der Waals surface area (Å²) in [5.74, 6) is -0.0795. The van der Waals surface area contributed by atoms with Crippen LogP contribution in [-0.4, -0.2) is 29.9 Å². The van der Waals surface area contributed by atoms with Crippen LogP contribution in [0.25, 0.3) is 0 Å². The standard InChI is InChI=1S/C16H21FO4/c1-16(2,3)15(19)20-9-12(18)14-6-4-10-8-11(17)5-7-13(10)21-14/h5,7-8,12,14,18H,4,6,9H2,1-3H3. The Balaban J connectivity index is 1.92. The molecule has 0 amide bonds. The molecule has 1 aromatic carbocycles. The Morgan fingerprint density at radius 3 is 2.90 bits per heavy atom. The minimum atomic E-state index is -0.894. The van der Waals surface area contributed by atoms with Crippen molar-refractivity contribution in [3.05, 3.63) is 29.6 Å². The van der Waals surface area contributed by atoms with E-state index >= 15 is 0 Å². The maximum absolute atomic E-state index is 13.1. The van der Waals surface area contributed by atoms with Crippen LogP contribution in [0.15, 0.2) is 18.2 Å². The molecule has 5 heteroatoms. The van der Waals surface area contributed by atoms with Crippen LogP contribution in [0.4, 0.5) is 4.39 Å². The van der Waals surface area contributed by atoms with Gasteiger partial charge in [-0.2, -0.15) is 0 Å². The third-order valence-electron chi connectivity index (χ3n) is 3.43. The molecule has 0 radical (unpaired) electrons. The van der Waals surface area contributed by atoms with E-state index in [2.05, 4.69) is 0 Å². The van der Waals surface area contributed by atoms with Gasteiger partial charge in [0.2, 0.25) is 0 Å². The van der Waals surface area contributed by atoms with Gasteiger partial charge in [0.25, 0.3) is 0 Å². The molecule has 4 nitrogen and oxygen atoms in total. The molecule has 0 saturated heterocycles. The van der Waals surface area contributed by atoms with Crippen molar-refractivity contribution in [2.75, 3.05) is 6.61 Å². The first-order chi connectivity index (χ1) is 9.77. The summed E-state index contributed by atoms with van der Waals surface area (Å²) in [7, 11) is 0. The van der Waals surface area contributed by atoms with Crippen molar-refractivity contribution in [2.24, 2.45) is 5.41 Å². The van der Waals surface area contributed by atoms with E-state index in [1.54, 1.807) is 26.8 Å². The number of benzene rings is 1. The van der Waals surface area contributed by atoms with Gasteiger partial charge in [-0.05, 0) is 57.4 Å². The smallest absolute Gasteiger partial charge is 0.311 e. The molecule has 1 aliphatic heterocycles. The summed E-state index contributed by atoms with van der Waals surface area (Å²) in [5, 5.41) is 10.1. The molecule has 0 spiro atoms. The molecular weight excluding hydrogens is 275 g/mol. The fraction of sp³-hybridized carbons (Fsp3) is 0.562. The Hall–Kier alpha value is -1.62. The third kappa shape index (κ3) is 3.94. The third-order valence-corrected chi connectivity index (χ3v) is 3.43. The highest BCUT2D eigenvalue weighted by atomic mass is 19.1. The van der Waals surface area contributed by atoms with Crippen molar-refractivity contribution in [1.82, 2.24) is 0 Å². The summed E-state index contributed by atoms with van der Waals surface area (Å²) in [6.45, 7) is 5.16. The van der Waals surface area contributed by atoms with Crippen LogP contribution >= 0.6 is 0 Å². The van der Waals surface area contributed by atoms with Crippen molar-refractivity contribution in [1.29, 1.82) is 0 Å². The van der Waals surface area contributed by atoms with Crippen LogP contribution in [0.1, 0.15) is 32.8 Å². The first-order valence-corrected chi connectivity index (χ1v) is 7.08. The molecule has 0 aliphatic carbocycles. The SMILES string of the molecule is CC(C)(C)C(=O)OCC(O)C1CCc2cc(F)ccc2O1. The van der Waals surface area contributed by atoms with Gasteiger partial charge < -0.3 is 14.6 Å². The Morgan fingerprint density at radius 1 is 1.52 bits per heavy atom. The molecule has 1 heterocycles. The highest BCUT2D eigenvalue weighted by Crippen LogP contribution is 2.29. The number of fused-ring (bicyclic) bond motifs is 1. The number of hydrogen-bond acceptors (Lipinski definition) is 4. The number of ether oxygens (including phenoxy) is 2. The van der Waals surface area contributed by atoms with Gasteiger partial charge >= 0.3 is 5.97 Å². The maximum Gasteiger partial charge on any atom is 0.311 e. The molecule has 2 unspecified atom stereocenters. The Labute approximate surface area is 123 Å². The lowest BCUT2D eigenvalue weighted by molar-refractivity contribution is -0.158. The van der Waals surface area contributed by atoms with E-state index in [1.165, 1.54) is 12.1 Å². The van der Waals surface area contributed by atoms with Gasteiger partial charge in [-0.25, -0.2) is 4.39 Å². The molecule has 0 saturated carbocycles. The van der Waals surface area contributed by atoms with E-state index in [-0.39, 0.29) is 18.4 Å². The minimum Gasteiger partial charge on any atom is -0.487 e. The predicted octanol–water partition coefficient (Wildman–Crippen LogP) is 2.47. The molecule has 0 aromatic heterocycles. The van der Waals surface area contributed by atoms with Gasteiger partial charge in [0, 0.05) is 0 Å². The summed E-state index contributed by atoms with van der Waals surface area (Å²) in [4.78, 5) is 11.7. The highest BCUT2D eigenvalue weighted by molar-refractivity contribution is 5.75. The Kier molecular flexibility index (Phi) is 4.52. The van der Waals surface area contributed by atoms with E-state index in [0.29, 0.717) is 18.6 Å². The molecule has 1 aliphatic rings. The van der Waals surface area contributed by atoms with Crippen LogP contribution < -0.4 is 4.74 Å².